The van der Waals surface area contributed by atoms with E-state index in [4.69, 9.17) is 5.11 Å². The molecule has 1 aromatic rings. The van der Waals surface area contributed by atoms with E-state index in [0.717, 1.165) is 12.8 Å². The summed E-state index contributed by atoms with van der Waals surface area (Å²) in [5.74, 6) is 0.0440. The van der Waals surface area contributed by atoms with Crippen molar-refractivity contribution in [1.29, 1.82) is 0 Å². The van der Waals surface area contributed by atoms with Gasteiger partial charge in [-0.05, 0) is 18.8 Å². The van der Waals surface area contributed by atoms with E-state index in [1.165, 1.54) is 10.6 Å². The van der Waals surface area contributed by atoms with E-state index in [1.807, 2.05) is 0 Å². The standard InChI is InChI=1S/C10H18N4O3S/c15-7-9-2-1-3-14(6-9)18(16,17)13-5-10-4-11-8-12-10/h4,8-9,13,15H,1-3,5-7H2,(H,11,12). The van der Waals surface area contributed by atoms with Gasteiger partial charge in [0.15, 0.2) is 0 Å². The largest absolute Gasteiger partial charge is 0.396 e. The third kappa shape index (κ3) is 3.29. The van der Waals surface area contributed by atoms with Gasteiger partial charge in [-0.25, -0.2) is 4.98 Å². The average molecular weight is 274 g/mol. The van der Waals surface area contributed by atoms with Gasteiger partial charge in [-0.1, -0.05) is 0 Å². The van der Waals surface area contributed by atoms with Crippen LogP contribution in [0.5, 0.6) is 0 Å². The number of piperidine rings is 1. The number of hydrogen-bond donors (Lipinski definition) is 3. The highest BCUT2D eigenvalue weighted by Gasteiger charge is 2.28. The van der Waals surface area contributed by atoms with Crippen molar-refractivity contribution in [2.24, 2.45) is 5.92 Å². The predicted molar refractivity (Wildman–Crippen MR) is 65.7 cm³/mol. The highest BCUT2D eigenvalue weighted by atomic mass is 32.2. The summed E-state index contributed by atoms with van der Waals surface area (Å²) >= 11 is 0. The van der Waals surface area contributed by atoms with Crippen molar-refractivity contribution in [1.82, 2.24) is 19.0 Å². The van der Waals surface area contributed by atoms with Crippen molar-refractivity contribution >= 4 is 10.2 Å². The number of aliphatic hydroxyl groups excluding tert-OH is 1. The molecule has 1 fully saturated rings. The topological polar surface area (TPSA) is 98.3 Å². The summed E-state index contributed by atoms with van der Waals surface area (Å²) in [5, 5.41) is 9.10. The molecule has 1 aliphatic heterocycles. The number of aromatic nitrogens is 2. The second-order valence-electron chi connectivity index (χ2n) is 4.45. The van der Waals surface area contributed by atoms with Gasteiger partial charge in [-0.2, -0.15) is 17.4 Å². The molecule has 1 aromatic heterocycles. The first kappa shape index (κ1) is 13.5. The first-order chi connectivity index (χ1) is 8.62. The van der Waals surface area contributed by atoms with Gasteiger partial charge in [0.25, 0.3) is 10.2 Å². The maximum atomic E-state index is 12.0. The van der Waals surface area contributed by atoms with E-state index >= 15 is 0 Å². The Morgan fingerprint density at radius 2 is 2.44 bits per heavy atom. The van der Waals surface area contributed by atoms with Crippen LogP contribution in [0.15, 0.2) is 12.5 Å². The van der Waals surface area contributed by atoms with Gasteiger partial charge in [-0.3, -0.25) is 0 Å². The quantitative estimate of drug-likeness (QED) is 0.671. The third-order valence-corrected chi connectivity index (χ3v) is 4.60. The van der Waals surface area contributed by atoms with Crippen molar-refractivity contribution in [3.05, 3.63) is 18.2 Å². The SMILES string of the molecule is O=S(=O)(NCc1cnc[nH]1)N1CCCC(CO)C1. The minimum Gasteiger partial charge on any atom is -0.396 e. The van der Waals surface area contributed by atoms with E-state index in [0.29, 0.717) is 18.8 Å². The number of rotatable bonds is 5. The summed E-state index contributed by atoms with van der Waals surface area (Å²) in [6.45, 7) is 1.12. The Hall–Kier alpha value is -0.960. The van der Waals surface area contributed by atoms with Crippen molar-refractivity contribution in [2.75, 3.05) is 19.7 Å². The van der Waals surface area contributed by atoms with Gasteiger partial charge in [0.1, 0.15) is 0 Å². The molecule has 7 nitrogen and oxygen atoms in total. The zero-order chi connectivity index (χ0) is 13.0. The van der Waals surface area contributed by atoms with Gasteiger partial charge in [-0.15, -0.1) is 0 Å². The second kappa shape index (κ2) is 5.79. The number of nitrogens with zero attached hydrogens (tertiary/aromatic N) is 2. The Kier molecular flexibility index (Phi) is 4.33. The van der Waals surface area contributed by atoms with Gasteiger partial charge < -0.3 is 10.1 Å². The van der Waals surface area contributed by atoms with Crippen molar-refractivity contribution in [2.45, 2.75) is 19.4 Å². The molecule has 1 aliphatic rings. The number of nitrogens with one attached hydrogen (secondary N) is 2. The molecule has 0 radical (unpaired) electrons. The van der Waals surface area contributed by atoms with Gasteiger partial charge in [0.2, 0.25) is 0 Å². The Bertz CT molecular complexity index is 459. The summed E-state index contributed by atoms with van der Waals surface area (Å²) in [6, 6.07) is 0. The van der Waals surface area contributed by atoms with Crippen molar-refractivity contribution < 1.29 is 13.5 Å². The molecule has 102 valence electrons. The van der Waals surface area contributed by atoms with Crippen LogP contribution < -0.4 is 4.72 Å². The molecule has 2 heterocycles. The molecule has 18 heavy (non-hydrogen) atoms. The Morgan fingerprint density at radius 1 is 1.61 bits per heavy atom. The van der Waals surface area contributed by atoms with E-state index in [-0.39, 0.29) is 19.1 Å². The lowest BCUT2D eigenvalue weighted by Gasteiger charge is -2.30. The Balaban J connectivity index is 1.93. The molecular formula is C10H18N4O3S. The molecular weight excluding hydrogens is 256 g/mol. The van der Waals surface area contributed by atoms with Crippen LogP contribution in [0.25, 0.3) is 0 Å². The smallest absolute Gasteiger partial charge is 0.279 e. The van der Waals surface area contributed by atoms with Crippen LogP contribution in [0.2, 0.25) is 0 Å². The lowest BCUT2D eigenvalue weighted by molar-refractivity contribution is 0.164. The van der Waals surface area contributed by atoms with Crippen LogP contribution in [0.1, 0.15) is 18.5 Å². The lowest BCUT2D eigenvalue weighted by atomic mass is 10.0. The fraction of sp³-hybridized carbons (Fsp3) is 0.700. The van der Waals surface area contributed by atoms with Crippen LogP contribution in [0, 0.1) is 5.92 Å². The molecule has 0 bridgehead atoms. The van der Waals surface area contributed by atoms with Crippen LogP contribution in [-0.4, -0.2) is 47.5 Å². The van der Waals surface area contributed by atoms with Gasteiger partial charge in [0, 0.05) is 31.6 Å². The summed E-state index contributed by atoms with van der Waals surface area (Å²) in [5.41, 5.74) is 0.717. The van der Waals surface area contributed by atoms with E-state index in [2.05, 4.69) is 14.7 Å². The van der Waals surface area contributed by atoms with Crippen molar-refractivity contribution in [3.8, 4) is 0 Å². The van der Waals surface area contributed by atoms with Crippen LogP contribution in [-0.2, 0) is 16.8 Å². The van der Waals surface area contributed by atoms with Gasteiger partial charge in [0.05, 0.1) is 12.9 Å². The second-order valence-corrected chi connectivity index (χ2v) is 6.21. The maximum absolute atomic E-state index is 12.0. The van der Waals surface area contributed by atoms with E-state index in [9.17, 15) is 8.42 Å². The molecule has 1 unspecified atom stereocenters. The number of aromatic amines is 1. The van der Waals surface area contributed by atoms with Crippen LogP contribution in [0.3, 0.4) is 0 Å². The molecule has 0 aliphatic carbocycles. The zero-order valence-corrected chi connectivity index (χ0v) is 10.9. The summed E-state index contributed by atoms with van der Waals surface area (Å²) in [4.78, 5) is 6.66. The first-order valence-electron chi connectivity index (χ1n) is 5.94. The molecule has 0 aromatic carbocycles. The monoisotopic (exact) mass is 274 g/mol. The normalized spacial score (nSPS) is 22.2. The summed E-state index contributed by atoms with van der Waals surface area (Å²) < 4.78 is 28.0. The van der Waals surface area contributed by atoms with Crippen molar-refractivity contribution in [3.63, 3.8) is 0 Å². The van der Waals surface area contributed by atoms with Crippen LogP contribution >= 0.6 is 0 Å². The molecule has 1 atom stereocenters. The van der Waals surface area contributed by atoms with E-state index in [1.54, 1.807) is 6.20 Å². The predicted octanol–water partition coefficient (Wildman–Crippen LogP) is -0.552. The molecule has 2 rings (SSSR count). The van der Waals surface area contributed by atoms with Crippen LogP contribution in [0.4, 0.5) is 0 Å². The molecule has 0 amide bonds. The van der Waals surface area contributed by atoms with Gasteiger partial charge >= 0.3 is 0 Å². The number of hydrogen-bond acceptors (Lipinski definition) is 4. The maximum Gasteiger partial charge on any atom is 0.279 e. The number of imidazole rings is 1. The zero-order valence-electron chi connectivity index (χ0n) is 10.0. The lowest BCUT2D eigenvalue weighted by Crippen LogP contribution is -2.46. The van der Waals surface area contributed by atoms with E-state index < -0.39 is 10.2 Å². The molecule has 0 spiro atoms. The number of H-pyrrole nitrogens is 1. The highest BCUT2D eigenvalue weighted by Crippen LogP contribution is 2.17. The molecule has 8 heteroatoms. The number of aliphatic hydroxyl groups is 1. The fourth-order valence-electron chi connectivity index (χ4n) is 2.04. The molecule has 1 saturated heterocycles. The molecule has 3 N–H and O–H groups in total. The first-order valence-corrected chi connectivity index (χ1v) is 7.38. The average Bonchev–Trinajstić information content (AvgIpc) is 2.90. The third-order valence-electron chi connectivity index (χ3n) is 3.08. The Morgan fingerprint density at radius 3 is 3.11 bits per heavy atom. The summed E-state index contributed by atoms with van der Waals surface area (Å²) in [6.07, 6.45) is 4.75. The highest BCUT2D eigenvalue weighted by molar-refractivity contribution is 7.87. The minimum absolute atomic E-state index is 0.0343. The minimum atomic E-state index is -3.48. The molecule has 0 saturated carbocycles. The Labute approximate surface area is 106 Å². The fourth-order valence-corrected chi connectivity index (χ4v) is 3.33. The summed E-state index contributed by atoms with van der Waals surface area (Å²) in [7, 11) is -3.48.